The Morgan fingerprint density at radius 3 is 2.61 bits per heavy atom. The standard InChI is InChI=1S/C22H24FN3OS/c1-16-6-8-18(9-7-16)28-19-10-12-26(13-11-19)15-22-24-21(25-27-22)14-17-4-2-3-5-20(17)23/h2-9,19H,10-15H2,1H3. The Labute approximate surface area is 169 Å². The highest BCUT2D eigenvalue weighted by Crippen LogP contribution is 2.30. The molecule has 28 heavy (non-hydrogen) atoms. The van der Waals surface area contributed by atoms with Gasteiger partial charge in [-0.1, -0.05) is 41.1 Å². The number of halogens is 1. The van der Waals surface area contributed by atoms with Crippen molar-refractivity contribution >= 4 is 11.8 Å². The Morgan fingerprint density at radius 2 is 1.86 bits per heavy atom. The van der Waals surface area contributed by atoms with Crippen molar-refractivity contribution in [2.45, 2.75) is 42.9 Å². The average Bonchev–Trinajstić information content (AvgIpc) is 3.14. The van der Waals surface area contributed by atoms with Crippen LogP contribution in [0.4, 0.5) is 4.39 Å². The third-order valence-corrected chi connectivity index (χ3v) is 6.38. The molecule has 2 aromatic carbocycles. The number of benzene rings is 2. The van der Waals surface area contributed by atoms with Crippen molar-refractivity contribution in [3.63, 3.8) is 0 Å². The van der Waals surface area contributed by atoms with Gasteiger partial charge in [-0.15, -0.1) is 11.8 Å². The van der Waals surface area contributed by atoms with Crippen LogP contribution in [0.5, 0.6) is 0 Å². The molecule has 1 saturated heterocycles. The minimum atomic E-state index is -0.234. The van der Waals surface area contributed by atoms with E-state index in [4.69, 9.17) is 4.52 Å². The van der Waals surface area contributed by atoms with Gasteiger partial charge in [0.1, 0.15) is 5.82 Å². The van der Waals surface area contributed by atoms with Crippen LogP contribution in [0, 0.1) is 12.7 Å². The van der Waals surface area contributed by atoms with E-state index < -0.39 is 0 Å². The van der Waals surface area contributed by atoms with Gasteiger partial charge in [-0.05, 0) is 56.6 Å². The van der Waals surface area contributed by atoms with E-state index in [-0.39, 0.29) is 5.82 Å². The van der Waals surface area contributed by atoms with E-state index in [1.165, 1.54) is 16.5 Å². The summed E-state index contributed by atoms with van der Waals surface area (Å²) < 4.78 is 19.2. The lowest BCUT2D eigenvalue weighted by atomic mass is 10.1. The van der Waals surface area contributed by atoms with Gasteiger partial charge in [-0.25, -0.2) is 4.39 Å². The molecule has 0 N–H and O–H groups in total. The fourth-order valence-corrected chi connectivity index (χ4v) is 4.55. The summed E-state index contributed by atoms with van der Waals surface area (Å²) in [5.41, 5.74) is 1.89. The van der Waals surface area contributed by atoms with E-state index >= 15 is 0 Å². The molecule has 146 valence electrons. The van der Waals surface area contributed by atoms with Crippen LogP contribution in [0.1, 0.15) is 35.7 Å². The molecule has 1 aliphatic heterocycles. The number of nitrogens with zero attached hydrogens (tertiary/aromatic N) is 3. The number of likely N-dealkylation sites (tertiary alicyclic amines) is 1. The molecule has 0 radical (unpaired) electrons. The van der Waals surface area contributed by atoms with Crippen molar-refractivity contribution in [1.82, 2.24) is 15.0 Å². The fraction of sp³-hybridized carbons (Fsp3) is 0.364. The molecule has 0 aliphatic carbocycles. The Balaban J connectivity index is 1.26. The van der Waals surface area contributed by atoms with Gasteiger partial charge < -0.3 is 4.52 Å². The topological polar surface area (TPSA) is 42.2 Å². The smallest absolute Gasteiger partial charge is 0.240 e. The van der Waals surface area contributed by atoms with Crippen LogP contribution in [-0.4, -0.2) is 33.4 Å². The molecule has 0 spiro atoms. The third-order valence-electron chi connectivity index (χ3n) is 5.03. The zero-order valence-electron chi connectivity index (χ0n) is 16.0. The van der Waals surface area contributed by atoms with Crippen LogP contribution in [-0.2, 0) is 13.0 Å². The lowest BCUT2D eigenvalue weighted by molar-refractivity contribution is 0.196. The van der Waals surface area contributed by atoms with E-state index in [0.717, 1.165) is 25.9 Å². The highest BCUT2D eigenvalue weighted by Gasteiger charge is 2.22. The Morgan fingerprint density at radius 1 is 1.11 bits per heavy atom. The lowest BCUT2D eigenvalue weighted by Gasteiger charge is -2.30. The average molecular weight is 398 g/mol. The molecule has 6 heteroatoms. The number of thioether (sulfide) groups is 1. The summed E-state index contributed by atoms with van der Waals surface area (Å²) in [5, 5.41) is 4.66. The van der Waals surface area contributed by atoms with Crippen LogP contribution in [0.3, 0.4) is 0 Å². The zero-order valence-corrected chi connectivity index (χ0v) is 16.8. The largest absolute Gasteiger partial charge is 0.338 e. The van der Waals surface area contributed by atoms with Crippen LogP contribution in [0.25, 0.3) is 0 Å². The van der Waals surface area contributed by atoms with E-state index in [2.05, 4.69) is 46.2 Å². The van der Waals surface area contributed by atoms with Crippen LogP contribution in [0.15, 0.2) is 57.9 Å². The molecule has 3 aromatic rings. The molecule has 0 saturated carbocycles. The quantitative estimate of drug-likeness (QED) is 0.594. The summed E-state index contributed by atoms with van der Waals surface area (Å²) in [6.07, 6.45) is 2.65. The first kappa shape index (κ1) is 19.2. The van der Waals surface area contributed by atoms with Crippen molar-refractivity contribution in [3.05, 3.63) is 77.2 Å². The third kappa shape index (κ3) is 5.00. The Hall–Kier alpha value is -2.18. The normalized spacial score (nSPS) is 15.8. The van der Waals surface area contributed by atoms with Crippen molar-refractivity contribution in [2.75, 3.05) is 13.1 Å². The highest BCUT2D eigenvalue weighted by molar-refractivity contribution is 8.00. The molecular formula is C22H24FN3OS. The maximum atomic E-state index is 13.8. The summed E-state index contributed by atoms with van der Waals surface area (Å²) in [6, 6.07) is 15.5. The monoisotopic (exact) mass is 397 g/mol. The van der Waals surface area contributed by atoms with Crippen LogP contribution < -0.4 is 0 Å². The van der Waals surface area contributed by atoms with Gasteiger partial charge >= 0.3 is 0 Å². The second-order valence-corrected chi connectivity index (χ2v) is 8.65. The number of aryl methyl sites for hydroxylation is 1. The van der Waals surface area contributed by atoms with E-state index in [1.54, 1.807) is 12.1 Å². The summed E-state index contributed by atoms with van der Waals surface area (Å²) in [7, 11) is 0. The van der Waals surface area contributed by atoms with E-state index in [9.17, 15) is 4.39 Å². The lowest BCUT2D eigenvalue weighted by Crippen LogP contribution is -2.34. The van der Waals surface area contributed by atoms with Gasteiger partial charge in [0.05, 0.1) is 6.54 Å². The maximum absolute atomic E-state index is 13.8. The number of rotatable bonds is 6. The zero-order chi connectivity index (χ0) is 19.3. The summed E-state index contributed by atoms with van der Waals surface area (Å²) >= 11 is 1.97. The molecular weight excluding hydrogens is 373 g/mol. The van der Waals surface area contributed by atoms with E-state index in [1.807, 2.05) is 17.8 Å². The minimum absolute atomic E-state index is 0.234. The number of aromatic nitrogens is 2. The summed E-state index contributed by atoms with van der Waals surface area (Å²) in [6.45, 7) is 4.82. The Kier molecular flexibility index (Phi) is 6.07. The summed E-state index contributed by atoms with van der Waals surface area (Å²) in [5.74, 6) is 0.905. The van der Waals surface area contributed by atoms with Crippen molar-refractivity contribution < 1.29 is 8.91 Å². The molecule has 1 fully saturated rings. The first-order valence-corrected chi connectivity index (χ1v) is 10.5. The maximum Gasteiger partial charge on any atom is 0.240 e. The van der Waals surface area contributed by atoms with Crippen LogP contribution in [0.2, 0.25) is 0 Å². The molecule has 0 bridgehead atoms. The van der Waals surface area contributed by atoms with E-state index in [0.29, 0.717) is 35.5 Å². The molecule has 0 unspecified atom stereocenters. The first-order valence-electron chi connectivity index (χ1n) is 9.66. The van der Waals surface area contributed by atoms with Crippen molar-refractivity contribution in [2.24, 2.45) is 0 Å². The molecule has 0 atom stereocenters. The molecule has 4 rings (SSSR count). The number of piperidine rings is 1. The van der Waals surface area contributed by atoms with Gasteiger partial charge in [0, 0.05) is 16.6 Å². The molecule has 4 nitrogen and oxygen atoms in total. The summed E-state index contributed by atoms with van der Waals surface area (Å²) in [4.78, 5) is 8.14. The minimum Gasteiger partial charge on any atom is -0.338 e. The molecule has 1 aliphatic rings. The SMILES string of the molecule is Cc1ccc(SC2CCN(Cc3nc(Cc4ccccc4F)no3)CC2)cc1. The fourth-order valence-electron chi connectivity index (χ4n) is 3.42. The van der Waals surface area contributed by atoms with Gasteiger partial charge in [0.15, 0.2) is 5.82 Å². The van der Waals surface area contributed by atoms with Gasteiger partial charge in [0.25, 0.3) is 0 Å². The van der Waals surface area contributed by atoms with Crippen LogP contribution >= 0.6 is 11.8 Å². The predicted molar refractivity (Wildman–Crippen MR) is 109 cm³/mol. The predicted octanol–water partition coefficient (Wildman–Crippen LogP) is 4.86. The molecule has 0 amide bonds. The van der Waals surface area contributed by atoms with Gasteiger partial charge in [0.2, 0.25) is 5.89 Å². The second-order valence-electron chi connectivity index (χ2n) is 7.28. The van der Waals surface area contributed by atoms with Crippen molar-refractivity contribution in [1.29, 1.82) is 0 Å². The highest BCUT2D eigenvalue weighted by atomic mass is 32.2. The number of hydrogen-bond acceptors (Lipinski definition) is 5. The number of hydrogen-bond donors (Lipinski definition) is 0. The second kappa shape index (κ2) is 8.88. The molecule has 2 heterocycles. The molecule has 1 aromatic heterocycles. The first-order chi connectivity index (χ1) is 13.7. The van der Waals surface area contributed by atoms with Crippen molar-refractivity contribution in [3.8, 4) is 0 Å². The van der Waals surface area contributed by atoms with Gasteiger partial charge in [-0.2, -0.15) is 4.98 Å². The van der Waals surface area contributed by atoms with Gasteiger partial charge in [-0.3, -0.25) is 4.90 Å². The Bertz CT molecular complexity index is 904.